The number of pyridine rings is 1. The van der Waals surface area contributed by atoms with Gasteiger partial charge in [0.1, 0.15) is 5.75 Å². The van der Waals surface area contributed by atoms with Crippen LogP contribution >= 0.6 is 23.4 Å². The first-order valence-corrected chi connectivity index (χ1v) is 13.3. The van der Waals surface area contributed by atoms with Crippen LogP contribution in [-0.2, 0) is 4.79 Å². The van der Waals surface area contributed by atoms with Crippen molar-refractivity contribution in [1.29, 1.82) is 0 Å². The zero-order valence-electron chi connectivity index (χ0n) is 19.0. The molecule has 1 saturated carbocycles. The van der Waals surface area contributed by atoms with E-state index in [1.54, 1.807) is 7.11 Å². The van der Waals surface area contributed by atoms with Gasteiger partial charge in [-0.1, -0.05) is 30.9 Å². The lowest BCUT2D eigenvalue weighted by molar-refractivity contribution is -0.128. The summed E-state index contributed by atoms with van der Waals surface area (Å²) >= 11 is 8.09. The van der Waals surface area contributed by atoms with Crippen LogP contribution in [0.1, 0.15) is 38.5 Å². The number of benzene rings is 2. The Hall–Kier alpha value is -2.18. The van der Waals surface area contributed by atoms with Crippen molar-refractivity contribution >= 4 is 56.8 Å². The van der Waals surface area contributed by atoms with Gasteiger partial charge in [-0.15, -0.1) is 11.8 Å². The van der Waals surface area contributed by atoms with Crippen molar-refractivity contribution in [2.75, 3.05) is 31.3 Å². The van der Waals surface area contributed by atoms with E-state index in [1.165, 1.54) is 32.1 Å². The molecule has 1 aromatic heterocycles. The van der Waals surface area contributed by atoms with Crippen LogP contribution in [0.4, 0.5) is 5.69 Å². The Balaban J connectivity index is 1.33. The van der Waals surface area contributed by atoms with Gasteiger partial charge in [-0.2, -0.15) is 0 Å². The summed E-state index contributed by atoms with van der Waals surface area (Å²) in [5.74, 6) is 2.40. The molecule has 5 nitrogen and oxygen atoms in total. The Labute approximate surface area is 204 Å². The number of hydrogen-bond acceptors (Lipinski definition) is 5. The van der Waals surface area contributed by atoms with Crippen LogP contribution in [-0.4, -0.2) is 47.1 Å². The topological polar surface area (TPSA) is 54.5 Å². The largest absolute Gasteiger partial charge is 0.497 e. The summed E-state index contributed by atoms with van der Waals surface area (Å²) < 4.78 is 5.46. The molecule has 2 fully saturated rings. The SMILES string of the molecule is COc1ccc2nc3cc(Cl)ccc3c(NCCCN3C(=O)CSC3C3CCCCC3)c2c1. The number of amides is 1. The van der Waals surface area contributed by atoms with Crippen molar-refractivity contribution in [2.45, 2.75) is 43.9 Å². The summed E-state index contributed by atoms with van der Waals surface area (Å²) in [5, 5.41) is 6.75. The van der Waals surface area contributed by atoms with Crippen LogP contribution in [0, 0.1) is 5.92 Å². The van der Waals surface area contributed by atoms with E-state index in [1.807, 2.05) is 48.2 Å². The van der Waals surface area contributed by atoms with Crippen LogP contribution in [0.5, 0.6) is 5.75 Å². The van der Waals surface area contributed by atoms with Crippen molar-refractivity contribution in [2.24, 2.45) is 5.92 Å². The van der Waals surface area contributed by atoms with E-state index in [4.69, 9.17) is 21.3 Å². The van der Waals surface area contributed by atoms with Gasteiger partial charge in [-0.25, -0.2) is 4.98 Å². The van der Waals surface area contributed by atoms with Gasteiger partial charge in [0, 0.05) is 28.9 Å². The summed E-state index contributed by atoms with van der Waals surface area (Å²) in [6.45, 7) is 1.58. The molecular weight excluding hydrogens is 454 g/mol. The Morgan fingerprint density at radius 1 is 1.12 bits per heavy atom. The summed E-state index contributed by atoms with van der Waals surface area (Å²) in [6, 6.07) is 11.8. The number of carbonyl (C=O) groups is 1. The van der Waals surface area contributed by atoms with Crippen LogP contribution in [0.25, 0.3) is 21.8 Å². The molecule has 1 atom stereocenters. The molecule has 0 spiro atoms. The zero-order valence-corrected chi connectivity index (χ0v) is 20.6. The van der Waals surface area contributed by atoms with E-state index >= 15 is 0 Å². The highest BCUT2D eigenvalue weighted by Gasteiger charge is 2.37. The Morgan fingerprint density at radius 2 is 1.97 bits per heavy atom. The maximum absolute atomic E-state index is 12.6. The molecular formula is C26H30ClN3O2S. The fourth-order valence-electron chi connectivity index (χ4n) is 5.21. The third-order valence-corrected chi connectivity index (χ3v) is 8.51. The van der Waals surface area contributed by atoms with Gasteiger partial charge in [0.2, 0.25) is 5.91 Å². The Bertz CT molecular complexity index is 1170. The second-order valence-electron chi connectivity index (χ2n) is 9.00. The third-order valence-electron chi connectivity index (χ3n) is 6.88. The number of ether oxygens (including phenoxy) is 1. The van der Waals surface area contributed by atoms with Crippen LogP contribution in [0.3, 0.4) is 0 Å². The van der Waals surface area contributed by atoms with Gasteiger partial charge < -0.3 is 15.0 Å². The normalized spacial score (nSPS) is 19.5. The Kier molecular flexibility index (Phi) is 6.84. The van der Waals surface area contributed by atoms with E-state index in [9.17, 15) is 4.79 Å². The summed E-state index contributed by atoms with van der Waals surface area (Å²) in [5.41, 5.74) is 2.80. The number of halogens is 1. The molecule has 2 heterocycles. The lowest BCUT2D eigenvalue weighted by Gasteiger charge is -2.33. The predicted molar refractivity (Wildman–Crippen MR) is 138 cm³/mol. The van der Waals surface area contributed by atoms with Gasteiger partial charge in [-0.05, 0) is 61.6 Å². The maximum atomic E-state index is 12.6. The Morgan fingerprint density at radius 3 is 2.79 bits per heavy atom. The first-order chi connectivity index (χ1) is 16.1. The number of rotatable bonds is 7. The lowest BCUT2D eigenvalue weighted by Crippen LogP contribution is -2.39. The number of thioether (sulfide) groups is 1. The van der Waals surface area contributed by atoms with Gasteiger partial charge in [0.25, 0.3) is 0 Å². The average molecular weight is 484 g/mol. The third kappa shape index (κ3) is 4.73. The molecule has 174 valence electrons. The number of hydrogen-bond donors (Lipinski definition) is 1. The minimum atomic E-state index is 0.301. The molecule has 0 radical (unpaired) electrons. The molecule has 1 N–H and O–H groups in total. The van der Waals surface area contributed by atoms with E-state index in [0.29, 0.717) is 28.0 Å². The predicted octanol–water partition coefficient (Wildman–Crippen LogP) is 6.33. The molecule has 1 saturated heterocycles. The molecule has 33 heavy (non-hydrogen) atoms. The van der Waals surface area contributed by atoms with Crippen LogP contribution in [0.2, 0.25) is 5.02 Å². The second kappa shape index (κ2) is 9.98. The van der Waals surface area contributed by atoms with Crippen molar-refractivity contribution in [3.63, 3.8) is 0 Å². The number of carbonyl (C=O) groups excluding carboxylic acids is 1. The van der Waals surface area contributed by atoms with Crippen LogP contribution < -0.4 is 10.1 Å². The molecule has 0 bridgehead atoms. The van der Waals surface area contributed by atoms with Crippen molar-refractivity contribution in [3.8, 4) is 5.75 Å². The van der Waals surface area contributed by atoms with Gasteiger partial charge >= 0.3 is 0 Å². The average Bonchev–Trinajstić information content (AvgIpc) is 3.21. The lowest BCUT2D eigenvalue weighted by atomic mass is 9.88. The summed E-state index contributed by atoms with van der Waals surface area (Å²) in [6.07, 6.45) is 7.38. The van der Waals surface area contributed by atoms with E-state index in [-0.39, 0.29) is 0 Å². The minimum Gasteiger partial charge on any atom is -0.497 e. The first-order valence-electron chi connectivity index (χ1n) is 11.9. The number of nitrogens with one attached hydrogen (secondary N) is 1. The number of nitrogens with zero attached hydrogens (tertiary/aromatic N) is 2. The number of fused-ring (bicyclic) bond motifs is 2. The number of aromatic nitrogens is 1. The molecule has 1 amide bonds. The molecule has 5 rings (SSSR count). The minimum absolute atomic E-state index is 0.301. The van der Waals surface area contributed by atoms with E-state index < -0.39 is 0 Å². The first kappa shape index (κ1) is 22.6. The molecule has 3 aromatic rings. The highest BCUT2D eigenvalue weighted by Crippen LogP contribution is 2.39. The highest BCUT2D eigenvalue weighted by atomic mass is 35.5. The fraction of sp³-hybridized carbons (Fsp3) is 0.462. The van der Waals surface area contributed by atoms with Crippen molar-refractivity contribution in [3.05, 3.63) is 41.4 Å². The van der Waals surface area contributed by atoms with Crippen molar-refractivity contribution < 1.29 is 9.53 Å². The summed E-state index contributed by atoms with van der Waals surface area (Å²) in [4.78, 5) is 19.5. The monoisotopic (exact) mass is 483 g/mol. The smallest absolute Gasteiger partial charge is 0.233 e. The van der Waals surface area contributed by atoms with Gasteiger partial charge in [0.15, 0.2) is 0 Å². The molecule has 1 unspecified atom stereocenters. The number of anilines is 1. The van der Waals surface area contributed by atoms with E-state index in [0.717, 1.165) is 52.8 Å². The van der Waals surface area contributed by atoms with E-state index in [2.05, 4.69) is 10.2 Å². The van der Waals surface area contributed by atoms with Crippen LogP contribution in [0.15, 0.2) is 36.4 Å². The molecule has 2 aromatic carbocycles. The standard InChI is InChI=1S/C26H30ClN3O2S/c1-32-19-9-11-22-21(15-19)25(20-10-8-18(27)14-23(20)29-22)28-12-5-13-30-24(31)16-33-26(30)17-6-3-2-4-7-17/h8-11,14-15,17,26H,2-7,12-13,16H2,1H3,(H,28,29). The summed E-state index contributed by atoms with van der Waals surface area (Å²) in [7, 11) is 1.68. The van der Waals surface area contributed by atoms with Gasteiger partial charge in [0.05, 0.1) is 35.0 Å². The zero-order chi connectivity index (χ0) is 22.8. The fourth-order valence-corrected chi connectivity index (χ4v) is 6.80. The molecule has 2 aliphatic rings. The maximum Gasteiger partial charge on any atom is 0.233 e. The quantitative estimate of drug-likeness (QED) is 0.314. The molecule has 7 heteroatoms. The van der Waals surface area contributed by atoms with Crippen molar-refractivity contribution in [1.82, 2.24) is 9.88 Å². The van der Waals surface area contributed by atoms with Gasteiger partial charge in [-0.3, -0.25) is 4.79 Å². The number of methoxy groups -OCH3 is 1. The second-order valence-corrected chi connectivity index (χ2v) is 10.5. The molecule has 1 aliphatic carbocycles. The highest BCUT2D eigenvalue weighted by molar-refractivity contribution is 8.01. The molecule has 1 aliphatic heterocycles.